The van der Waals surface area contributed by atoms with Gasteiger partial charge in [0.1, 0.15) is 17.3 Å². The van der Waals surface area contributed by atoms with Crippen LogP contribution in [0.2, 0.25) is 0 Å². The topological polar surface area (TPSA) is 83.4 Å². The Morgan fingerprint density at radius 2 is 1.79 bits per heavy atom. The molecule has 2 aromatic heterocycles. The molecule has 34 heavy (non-hydrogen) atoms. The minimum Gasteiger partial charge on any atom is -0.335 e. The number of nitrogens with zero attached hydrogens (tertiary/aromatic N) is 5. The number of likely N-dealkylation sites (tertiary alicyclic amines) is 1. The van der Waals surface area contributed by atoms with Crippen molar-refractivity contribution in [3.05, 3.63) is 54.1 Å². The number of pyridine rings is 1. The van der Waals surface area contributed by atoms with E-state index in [0.29, 0.717) is 37.7 Å². The van der Waals surface area contributed by atoms with Crippen LogP contribution in [0.25, 0.3) is 22.4 Å². The number of fused-ring (bicyclic) bond motifs is 1. The number of carbonyl (C=O) groups excluding carboxylic acids is 2. The highest BCUT2D eigenvalue weighted by molar-refractivity contribution is 5.92. The molecule has 0 spiro atoms. The van der Waals surface area contributed by atoms with Gasteiger partial charge in [-0.25, -0.2) is 9.37 Å². The lowest BCUT2D eigenvalue weighted by Crippen LogP contribution is -2.37. The highest BCUT2D eigenvalue weighted by Gasteiger charge is 2.27. The number of hydrogen-bond acceptors (Lipinski definition) is 5. The molecule has 0 unspecified atom stereocenters. The van der Waals surface area contributed by atoms with Crippen molar-refractivity contribution in [2.45, 2.75) is 32.9 Å². The van der Waals surface area contributed by atoms with Crippen LogP contribution in [-0.4, -0.2) is 62.6 Å². The fraction of sp³-hybridized carbons (Fsp3) is 0.360. The van der Waals surface area contributed by atoms with Gasteiger partial charge in [-0.15, -0.1) is 0 Å². The smallest absolute Gasteiger partial charge is 0.239 e. The molecular weight excluding hydrogens is 435 g/mol. The third kappa shape index (κ3) is 4.56. The number of carbonyl (C=O) groups is 2. The summed E-state index contributed by atoms with van der Waals surface area (Å²) in [6, 6.07) is 9.94. The second-order valence-electron chi connectivity index (χ2n) is 8.80. The molecule has 2 aliphatic rings. The number of rotatable bonds is 5. The lowest BCUT2D eigenvalue weighted by atomic mass is 9.98. The Morgan fingerprint density at radius 1 is 1.03 bits per heavy atom. The molecule has 0 saturated carbocycles. The van der Waals surface area contributed by atoms with Crippen molar-refractivity contribution in [2.24, 2.45) is 0 Å². The van der Waals surface area contributed by atoms with Gasteiger partial charge in [0.15, 0.2) is 0 Å². The van der Waals surface area contributed by atoms with Crippen LogP contribution in [0.3, 0.4) is 0 Å². The van der Waals surface area contributed by atoms with Crippen molar-refractivity contribution in [1.82, 2.24) is 24.6 Å². The maximum Gasteiger partial charge on any atom is 0.239 e. The van der Waals surface area contributed by atoms with Crippen LogP contribution < -0.4 is 5.32 Å². The summed E-state index contributed by atoms with van der Waals surface area (Å²) < 4.78 is 15.5. The molecule has 9 heteroatoms. The monoisotopic (exact) mass is 462 g/mol. The minimum atomic E-state index is -0.316. The van der Waals surface area contributed by atoms with Crippen LogP contribution in [0, 0.1) is 5.82 Å². The molecular formula is C25H27FN6O2. The number of benzene rings is 1. The van der Waals surface area contributed by atoms with Crippen LogP contribution >= 0.6 is 0 Å². The maximum atomic E-state index is 13.6. The van der Waals surface area contributed by atoms with Gasteiger partial charge in [-0.3, -0.25) is 19.2 Å². The van der Waals surface area contributed by atoms with Crippen molar-refractivity contribution in [3.63, 3.8) is 0 Å². The third-order valence-corrected chi connectivity index (χ3v) is 6.42. The van der Waals surface area contributed by atoms with E-state index in [-0.39, 0.29) is 17.6 Å². The van der Waals surface area contributed by atoms with Crippen LogP contribution in [0.15, 0.2) is 42.6 Å². The predicted octanol–water partition coefficient (Wildman–Crippen LogP) is 3.15. The van der Waals surface area contributed by atoms with Gasteiger partial charge in [0.25, 0.3) is 0 Å². The van der Waals surface area contributed by atoms with Gasteiger partial charge in [0.05, 0.1) is 25.3 Å². The summed E-state index contributed by atoms with van der Waals surface area (Å²) in [5.74, 6) is 0.0614. The fourth-order valence-electron chi connectivity index (χ4n) is 4.68. The van der Waals surface area contributed by atoms with Gasteiger partial charge >= 0.3 is 0 Å². The fourth-order valence-corrected chi connectivity index (χ4v) is 4.68. The molecule has 0 radical (unpaired) electrons. The van der Waals surface area contributed by atoms with E-state index < -0.39 is 0 Å². The van der Waals surface area contributed by atoms with E-state index in [9.17, 15) is 14.0 Å². The largest absolute Gasteiger partial charge is 0.335 e. The highest BCUT2D eigenvalue weighted by Crippen LogP contribution is 2.37. The zero-order chi connectivity index (χ0) is 23.7. The van der Waals surface area contributed by atoms with Crippen molar-refractivity contribution < 1.29 is 14.0 Å². The Bertz CT molecular complexity index is 1220. The first-order valence-electron chi connectivity index (χ1n) is 11.6. The van der Waals surface area contributed by atoms with Gasteiger partial charge in [-0.2, -0.15) is 5.10 Å². The Hall–Kier alpha value is -3.59. The van der Waals surface area contributed by atoms with Gasteiger partial charge in [0, 0.05) is 30.8 Å². The van der Waals surface area contributed by atoms with E-state index in [0.717, 1.165) is 48.3 Å². The SMILES string of the molecule is CC(=O)N1CCn2nc(-c3ccc(F)cc3)c(-c3ccnc(NC(=O)CN4CCCC4)c3)c2C1. The zero-order valence-electron chi connectivity index (χ0n) is 19.1. The Labute approximate surface area is 197 Å². The van der Waals surface area contributed by atoms with Crippen molar-refractivity contribution in [1.29, 1.82) is 0 Å². The van der Waals surface area contributed by atoms with Crippen molar-refractivity contribution in [2.75, 3.05) is 31.5 Å². The number of halogens is 1. The molecule has 1 N–H and O–H groups in total. The Balaban J connectivity index is 1.51. The molecule has 1 aromatic carbocycles. The number of amides is 2. The van der Waals surface area contributed by atoms with Gasteiger partial charge in [0.2, 0.25) is 11.8 Å². The quantitative estimate of drug-likeness (QED) is 0.630. The normalized spacial score (nSPS) is 15.9. The van der Waals surface area contributed by atoms with E-state index in [1.165, 1.54) is 12.1 Å². The average Bonchev–Trinajstić information content (AvgIpc) is 3.46. The maximum absolute atomic E-state index is 13.6. The second kappa shape index (κ2) is 9.34. The summed E-state index contributed by atoms with van der Waals surface area (Å²) in [6.07, 6.45) is 3.90. The lowest BCUT2D eigenvalue weighted by Gasteiger charge is -2.27. The molecule has 1 fully saturated rings. The predicted molar refractivity (Wildman–Crippen MR) is 126 cm³/mol. The number of nitrogens with one attached hydrogen (secondary N) is 1. The highest BCUT2D eigenvalue weighted by atomic mass is 19.1. The number of hydrogen-bond donors (Lipinski definition) is 1. The molecule has 1 saturated heterocycles. The van der Waals surface area contributed by atoms with Gasteiger partial charge < -0.3 is 10.2 Å². The molecule has 2 aliphatic heterocycles. The first-order valence-corrected chi connectivity index (χ1v) is 11.6. The standard InChI is InChI=1S/C25H27FN6O2/c1-17(33)31-12-13-32-21(15-31)24(25(29-32)18-4-6-20(26)7-5-18)19-8-9-27-22(14-19)28-23(34)16-30-10-2-3-11-30/h4-9,14H,2-3,10-13,15-16H2,1H3,(H,27,28,34). The van der Waals surface area contributed by atoms with E-state index in [2.05, 4.69) is 15.2 Å². The molecule has 0 aliphatic carbocycles. The Kier molecular flexibility index (Phi) is 6.10. The van der Waals surface area contributed by atoms with Crippen LogP contribution in [0.4, 0.5) is 10.2 Å². The summed E-state index contributed by atoms with van der Waals surface area (Å²) in [5, 5.41) is 7.73. The van der Waals surface area contributed by atoms with Gasteiger partial charge in [-0.1, -0.05) is 0 Å². The zero-order valence-corrected chi connectivity index (χ0v) is 19.1. The van der Waals surface area contributed by atoms with E-state index >= 15 is 0 Å². The first-order chi connectivity index (χ1) is 16.5. The molecule has 8 nitrogen and oxygen atoms in total. The van der Waals surface area contributed by atoms with Gasteiger partial charge in [-0.05, 0) is 67.9 Å². The molecule has 3 aromatic rings. The molecule has 4 heterocycles. The number of anilines is 1. The molecule has 5 rings (SSSR count). The summed E-state index contributed by atoms with van der Waals surface area (Å²) >= 11 is 0. The van der Waals surface area contributed by atoms with E-state index in [4.69, 9.17) is 5.10 Å². The van der Waals surface area contributed by atoms with Crippen LogP contribution in [-0.2, 0) is 22.7 Å². The van der Waals surface area contributed by atoms with Crippen LogP contribution in [0.5, 0.6) is 0 Å². The average molecular weight is 463 g/mol. The van der Waals surface area contributed by atoms with E-state index in [1.54, 1.807) is 30.2 Å². The Morgan fingerprint density at radius 3 is 2.53 bits per heavy atom. The first kappa shape index (κ1) is 22.2. The number of aromatic nitrogens is 3. The minimum absolute atomic E-state index is 0.00586. The van der Waals surface area contributed by atoms with Crippen LogP contribution in [0.1, 0.15) is 25.5 Å². The van der Waals surface area contributed by atoms with Crippen molar-refractivity contribution >= 4 is 17.6 Å². The second-order valence-corrected chi connectivity index (χ2v) is 8.80. The summed E-state index contributed by atoms with van der Waals surface area (Å²) in [7, 11) is 0. The molecule has 2 amide bonds. The van der Waals surface area contributed by atoms with Crippen molar-refractivity contribution in [3.8, 4) is 22.4 Å². The third-order valence-electron chi connectivity index (χ3n) is 6.42. The lowest BCUT2D eigenvalue weighted by molar-refractivity contribution is -0.130. The summed E-state index contributed by atoms with van der Waals surface area (Å²) in [6.45, 7) is 5.39. The molecule has 0 bridgehead atoms. The van der Waals surface area contributed by atoms with E-state index in [1.807, 2.05) is 16.8 Å². The summed E-state index contributed by atoms with van der Waals surface area (Å²) in [5.41, 5.74) is 4.08. The molecule has 176 valence electrons. The molecule has 0 atom stereocenters. The summed E-state index contributed by atoms with van der Waals surface area (Å²) in [4.78, 5) is 32.9.